The summed E-state index contributed by atoms with van der Waals surface area (Å²) in [5.41, 5.74) is 13.4. The fraction of sp³-hybridized carbons (Fsp3) is 0.725. The molecule has 10 rings (SSSR count). The average molecular weight is 1870 g/mol. The van der Waals surface area contributed by atoms with Crippen molar-refractivity contribution in [3.8, 4) is 17.0 Å². The minimum Gasteiger partial charge on any atom is -0.508 e. The van der Waals surface area contributed by atoms with Crippen LogP contribution in [0, 0.1) is 59.2 Å². The lowest BCUT2D eigenvalue weighted by atomic mass is 9.79. The number of phenolic OH excluding ortho intramolecular Hbond substituents is 1. The topological polar surface area (TPSA) is 330 Å². The third-order valence-electron chi connectivity index (χ3n) is 21.4. The molecule has 1 fully saturated rings. The van der Waals surface area contributed by atoms with E-state index < -0.39 is 0 Å². The second-order valence-corrected chi connectivity index (χ2v) is 43.2. The van der Waals surface area contributed by atoms with Crippen LogP contribution >= 0.6 is 0 Å². The van der Waals surface area contributed by atoms with Gasteiger partial charge in [-0.05, 0) is 197 Å². The molecule has 0 aliphatic heterocycles. The first-order chi connectivity index (χ1) is 62.7. The van der Waals surface area contributed by atoms with Crippen LogP contribution in [0.4, 0.5) is 0 Å². The number of Topliss-reactive ketones (excluding diaryl/α,β-unsaturated/α-hetero) is 2. The van der Waals surface area contributed by atoms with Gasteiger partial charge in [0.15, 0.2) is 5.78 Å². The van der Waals surface area contributed by atoms with Crippen molar-refractivity contribution in [2.24, 2.45) is 59.2 Å². The summed E-state index contributed by atoms with van der Waals surface area (Å²) in [5, 5.41) is 58.3. The number of hydrogen-bond acceptors (Lipinski definition) is 19. The number of benzene rings is 2. The highest BCUT2D eigenvalue weighted by Gasteiger charge is 2.46. The number of ketones is 2. The van der Waals surface area contributed by atoms with Crippen LogP contribution in [0.1, 0.15) is 430 Å². The van der Waals surface area contributed by atoms with E-state index in [1.807, 2.05) is 137 Å². The Kier molecular flexibility index (Phi) is 61.7. The molecule has 5 aromatic heterocycles. The van der Waals surface area contributed by atoms with E-state index in [1.165, 1.54) is 71.9 Å². The van der Waals surface area contributed by atoms with Crippen molar-refractivity contribution in [1.82, 2.24) is 86.9 Å². The van der Waals surface area contributed by atoms with Crippen molar-refractivity contribution in [2.75, 3.05) is 26.3 Å². The lowest BCUT2D eigenvalue weighted by Crippen LogP contribution is -2.33. The van der Waals surface area contributed by atoms with E-state index in [-0.39, 0.29) is 54.0 Å². The first kappa shape index (κ1) is 124. The van der Waals surface area contributed by atoms with Gasteiger partial charge in [0, 0.05) is 136 Å². The molecule has 0 spiro atoms. The predicted molar refractivity (Wildman–Crippen MR) is 554 cm³/mol. The molecule has 3 atom stereocenters. The first-order valence-electron chi connectivity index (χ1n) is 51.1. The Balaban J connectivity index is 0.000000770. The zero-order valence-electron chi connectivity index (χ0n) is 91.0. The van der Waals surface area contributed by atoms with E-state index in [9.17, 15) is 29.1 Å². The maximum absolute atomic E-state index is 12.5. The largest absolute Gasteiger partial charge is 0.508 e. The zero-order chi connectivity index (χ0) is 102. The number of nitrogens with one attached hydrogen (secondary N) is 6. The Morgan fingerprint density at radius 3 is 1.57 bits per heavy atom. The van der Waals surface area contributed by atoms with E-state index in [0.717, 1.165) is 124 Å². The molecule has 25 nitrogen and oxygen atoms in total. The number of H-pyrrole nitrogens is 1. The van der Waals surface area contributed by atoms with Gasteiger partial charge in [-0.15, -0.1) is 20.4 Å². The summed E-state index contributed by atoms with van der Waals surface area (Å²) in [6, 6.07) is 16.3. The van der Waals surface area contributed by atoms with Crippen LogP contribution in [0.15, 0.2) is 65.5 Å². The molecule has 2 bridgehead atoms. The molecule has 5 heterocycles. The fourth-order valence-electron chi connectivity index (χ4n) is 14.7. The number of aryl methyl sites for hydroxylation is 2. The Bertz CT molecular complexity index is 4230. The van der Waals surface area contributed by atoms with Crippen molar-refractivity contribution < 1.29 is 38.2 Å². The number of carbonyl (C=O) groups excluding carboxylic acids is 5. The summed E-state index contributed by atoms with van der Waals surface area (Å²) in [5.74, 6) is 11.8. The van der Waals surface area contributed by atoms with Crippen molar-refractivity contribution in [3.05, 3.63) is 129 Å². The normalized spacial score (nSPS) is 14.2. The molecule has 2 aromatic carbocycles. The highest BCUT2D eigenvalue weighted by molar-refractivity contribution is 5.80. The number of aromatic hydroxyl groups is 1. The van der Waals surface area contributed by atoms with Crippen LogP contribution in [0.5, 0.6) is 5.75 Å². The van der Waals surface area contributed by atoms with Gasteiger partial charge in [0.2, 0.25) is 29.5 Å². The van der Waals surface area contributed by atoms with E-state index >= 15 is 0 Å². The second-order valence-electron chi connectivity index (χ2n) is 43.2. The fourth-order valence-corrected chi connectivity index (χ4v) is 14.7. The molecule has 3 amide bonds. The summed E-state index contributed by atoms with van der Waals surface area (Å²) in [4.78, 5) is 63.7. The van der Waals surface area contributed by atoms with Crippen molar-refractivity contribution >= 4 is 29.3 Å². The second kappa shape index (κ2) is 66.9. The van der Waals surface area contributed by atoms with Crippen LogP contribution in [0.3, 0.4) is 0 Å². The molecule has 3 aliphatic carbocycles. The van der Waals surface area contributed by atoms with Gasteiger partial charge in [-0.25, -0.2) is 9.67 Å². The quantitative estimate of drug-likeness (QED) is 0.0179. The molecule has 134 heavy (non-hydrogen) atoms. The molecule has 1 saturated carbocycles. The van der Waals surface area contributed by atoms with Crippen molar-refractivity contribution in [1.29, 1.82) is 0 Å². The van der Waals surface area contributed by atoms with Gasteiger partial charge in [0.05, 0.1) is 29.0 Å². The SMILES string of the molecule is CC(=O)NC(C)C.CC(C)C(=O)NCCCn1nnc2c1CCCCCC2.CC(C)CC(=O)CC1CC2CC1c1c2cnnc1-c1ccc(CNC(C)C)cc1.CC(C)CNC(C)C.CC(C)COCC(=O)CC(C)C.CC(C)Cc1ccc(O)c(C(C)C)c1.CC(C)Cc1cnc(C(C)C)[nH]1.CC(C)Cn1cc(C(C)C)nn1.CC(C)NC(=O)C(C)C.CC(C)c1nnc(C(C)C)o1. The van der Waals surface area contributed by atoms with E-state index in [0.29, 0.717) is 132 Å². The summed E-state index contributed by atoms with van der Waals surface area (Å²) >= 11 is 0. The molecule has 0 saturated heterocycles. The number of hydrogen-bond donors (Lipinski definition) is 7. The van der Waals surface area contributed by atoms with Crippen LogP contribution in [0.25, 0.3) is 11.3 Å². The molecule has 7 N–H and O–H groups in total. The van der Waals surface area contributed by atoms with Crippen molar-refractivity contribution in [2.45, 2.75) is 431 Å². The Labute approximate surface area is 813 Å². The minimum absolute atomic E-state index is 0.0370. The number of phenols is 1. The maximum atomic E-state index is 12.5. The minimum atomic E-state index is 0.0370. The van der Waals surface area contributed by atoms with Gasteiger partial charge in [-0.1, -0.05) is 281 Å². The maximum Gasteiger partial charge on any atom is 0.222 e. The van der Waals surface area contributed by atoms with E-state index in [1.54, 1.807) is 0 Å². The number of aromatic nitrogens is 12. The van der Waals surface area contributed by atoms with E-state index in [4.69, 9.17) is 9.15 Å². The average Bonchev–Trinajstić information content (AvgIpc) is 1.58. The van der Waals surface area contributed by atoms with Gasteiger partial charge in [-0.2, -0.15) is 10.2 Å². The standard InChI is InChI=1S/C25H33N3O.C15H26N4O.C13H20O.C10H18N2.C10H20O2.C9H17N3.C8H14N2O.C7H15NO.C7H17N.C5H11NO/c1-15(2)9-21(29)11-19-10-20-12-22(19)24-23(20)14-27-28-25(24)18-7-5-17(6-8-18)13-26-16(3)4;1-12(2)15(20)16-10-7-11-19-14-9-6-4-3-5-8-13(14)17-18-19;1-9(2)7-11-5-6-13(14)12(8-11)10(3)4;1-7(2)5-9-6-11-10(12-9)8(3)4;1-8(2)5-10(11)7-12-6-9(3)4;1-7(2)5-12-6-9(8(3)4)10-11-12;1-5(2)7-9-10-8(11-7)6(3)4;1-5(2)7(9)8-6(3)4;1-6(2)5-8-7(3)4;1-4(2)6-5(3)7/h5-8,14-16,19-20,22,26H,9-13H2,1-4H3;12H,3-11H2,1-2H3,(H,16,20);5-6,8-10,14H,7H2,1-4H3;6-8H,5H2,1-4H3,(H,11,12);8-9H,5-7H2,1-4H3;6-8H,5H2,1-4H3;5-6H,1-4H3;5-6H,1-4H3,(H,8,9);6-8H,5H2,1-4H3;4H,1-3H3,(H,6,7). The number of ether oxygens (including phenoxy) is 1. The van der Waals surface area contributed by atoms with Crippen LogP contribution in [-0.4, -0.2) is 145 Å². The number of imidazole rings is 1. The monoisotopic (exact) mass is 1870 g/mol. The van der Waals surface area contributed by atoms with Gasteiger partial charge >= 0.3 is 0 Å². The molecule has 3 aliphatic rings. The van der Waals surface area contributed by atoms with Gasteiger partial charge in [0.1, 0.15) is 24.0 Å². The van der Waals surface area contributed by atoms with Gasteiger partial charge < -0.3 is 45.8 Å². The summed E-state index contributed by atoms with van der Waals surface area (Å²) < 4.78 is 14.6. The number of nitrogens with zero attached hydrogens (tertiary/aromatic N) is 11. The highest BCUT2D eigenvalue weighted by Crippen LogP contribution is 2.59. The lowest BCUT2D eigenvalue weighted by Gasteiger charge is -2.25. The van der Waals surface area contributed by atoms with Crippen LogP contribution < -0.4 is 26.6 Å². The molecular formula is C109H191N17O8. The highest BCUT2D eigenvalue weighted by atomic mass is 16.5. The number of rotatable bonds is 36. The predicted octanol–water partition coefficient (Wildman–Crippen LogP) is 23.8. The number of carbonyl (C=O) groups is 5. The molecule has 0 radical (unpaired) electrons. The number of aromatic amines is 1. The Hall–Kier alpha value is -8.42. The van der Waals surface area contributed by atoms with Crippen LogP contribution in [-0.2, 0) is 74.0 Å². The molecule has 7 aromatic rings. The van der Waals surface area contributed by atoms with Gasteiger partial charge in [0.25, 0.3) is 0 Å². The Morgan fingerprint density at radius 1 is 0.545 bits per heavy atom. The van der Waals surface area contributed by atoms with Crippen molar-refractivity contribution in [3.63, 3.8) is 0 Å². The molecule has 760 valence electrons. The Morgan fingerprint density at radius 2 is 1.12 bits per heavy atom. The summed E-state index contributed by atoms with van der Waals surface area (Å²) in [6.07, 6.45) is 20.7. The zero-order valence-corrected chi connectivity index (χ0v) is 91.0. The number of amides is 3. The molecule has 3 unspecified atom stereocenters. The van der Waals surface area contributed by atoms with Gasteiger partial charge in [-0.3, -0.25) is 28.7 Å². The van der Waals surface area contributed by atoms with E-state index in [2.05, 4.69) is 260 Å². The molecular weight excluding hydrogens is 1680 g/mol. The smallest absolute Gasteiger partial charge is 0.222 e. The number of fused-ring (bicyclic) bond motifs is 6. The third-order valence-corrected chi connectivity index (χ3v) is 21.4. The summed E-state index contributed by atoms with van der Waals surface area (Å²) in [7, 11) is 0. The molecule has 25 heteroatoms. The lowest BCUT2D eigenvalue weighted by molar-refractivity contribution is -0.125. The first-order valence-corrected chi connectivity index (χ1v) is 51.1. The summed E-state index contributed by atoms with van der Waals surface area (Å²) in [6.45, 7) is 82.1. The third kappa shape index (κ3) is 54.5. The van der Waals surface area contributed by atoms with Crippen LogP contribution in [0.2, 0.25) is 0 Å².